The van der Waals surface area contributed by atoms with Crippen molar-refractivity contribution in [1.82, 2.24) is 16.0 Å². The number of hydrogen-bond donors (Lipinski definition) is 9. The average molecular weight is 614 g/mol. The van der Waals surface area contributed by atoms with Crippen LogP contribution in [0.3, 0.4) is 0 Å². The van der Waals surface area contributed by atoms with E-state index in [1.165, 1.54) is 0 Å². The van der Waals surface area contributed by atoms with E-state index in [-0.39, 0.29) is 18.6 Å². The normalized spacial score (nSPS) is 16.1. The van der Waals surface area contributed by atoms with Crippen molar-refractivity contribution < 1.29 is 30.0 Å². The van der Waals surface area contributed by atoms with Gasteiger partial charge in [-0.1, -0.05) is 38.3 Å². The van der Waals surface area contributed by atoms with Crippen LogP contribution in [-0.4, -0.2) is 106 Å². The molecule has 0 aliphatic heterocycles. The lowest BCUT2D eigenvalue weighted by atomic mass is 9.96. The molecule has 0 heterocycles. The van der Waals surface area contributed by atoms with Gasteiger partial charge in [0.2, 0.25) is 0 Å². The lowest BCUT2D eigenvalue weighted by Gasteiger charge is -2.30. The number of amides is 2. The summed E-state index contributed by atoms with van der Waals surface area (Å²) in [7, 11) is 0. The van der Waals surface area contributed by atoms with Gasteiger partial charge in [-0.25, -0.2) is 0 Å². The molecule has 0 aromatic heterocycles. The first kappa shape index (κ1) is 40.4. The number of aliphatic imine (C=N–C) groups is 2. The van der Waals surface area contributed by atoms with Gasteiger partial charge < -0.3 is 47.8 Å². The summed E-state index contributed by atoms with van der Waals surface area (Å²) in [6.07, 6.45) is 2.41. The summed E-state index contributed by atoms with van der Waals surface area (Å²) in [5, 5.41) is 48.8. The van der Waals surface area contributed by atoms with Crippen molar-refractivity contribution in [3.8, 4) is 0 Å². The number of nitrogens with one attached hydrogen (secondary N) is 3. The highest BCUT2D eigenvalue weighted by atomic mass is 16.4. The van der Waals surface area contributed by atoms with Crippen LogP contribution < -0.4 is 27.4 Å². The molecule has 0 rings (SSSR count). The maximum absolute atomic E-state index is 12.2. The summed E-state index contributed by atoms with van der Waals surface area (Å²) < 4.78 is 0. The first-order chi connectivity index (χ1) is 20.1. The zero-order valence-electron chi connectivity index (χ0n) is 27.1. The fourth-order valence-electron chi connectivity index (χ4n) is 4.44. The highest BCUT2D eigenvalue weighted by Crippen LogP contribution is 2.13. The number of nitrogens with two attached hydrogens (primary N) is 2. The van der Waals surface area contributed by atoms with Gasteiger partial charge in [0.15, 0.2) is 12.2 Å². The van der Waals surface area contributed by atoms with Crippen molar-refractivity contribution in [3.63, 3.8) is 0 Å². The highest BCUT2D eigenvalue weighted by Gasteiger charge is 2.38. The molecule has 4 unspecified atom stereocenters. The van der Waals surface area contributed by atoms with Gasteiger partial charge >= 0.3 is 0 Å². The topological polar surface area (TPSA) is 228 Å². The van der Waals surface area contributed by atoms with Gasteiger partial charge in [0, 0.05) is 37.0 Å². The summed E-state index contributed by atoms with van der Waals surface area (Å²) in [5.41, 5.74) is 11.3. The largest absolute Gasteiger partial charge is 0.387 e. The van der Waals surface area contributed by atoms with Crippen molar-refractivity contribution in [2.24, 2.45) is 21.5 Å². The van der Waals surface area contributed by atoms with Crippen molar-refractivity contribution in [1.29, 1.82) is 0 Å². The Kier molecular flexibility index (Phi) is 19.9. The zero-order valence-corrected chi connectivity index (χ0v) is 27.1. The van der Waals surface area contributed by atoms with E-state index in [1.807, 2.05) is 19.9 Å². The van der Waals surface area contributed by atoms with E-state index in [4.69, 9.17) is 11.5 Å². The van der Waals surface area contributed by atoms with E-state index in [9.17, 15) is 30.0 Å². The van der Waals surface area contributed by atoms with Gasteiger partial charge in [0.1, 0.15) is 12.2 Å². The van der Waals surface area contributed by atoms with Crippen molar-refractivity contribution in [3.05, 3.63) is 12.2 Å². The van der Waals surface area contributed by atoms with Gasteiger partial charge in [0.05, 0.1) is 24.8 Å². The number of aliphatic hydroxyl groups is 4. The first-order valence-corrected chi connectivity index (χ1v) is 15.3. The van der Waals surface area contributed by atoms with Crippen LogP contribution in [0.15, 0.2) is 22.1 Å². The quantitative estimate of drug-likeness (QED) is 0.0332. The molecule has 0 aliphatic carbocycles. The minimum atomic E-state index is -2.08. The maximum Gasteiger partial charge on any atom is 0.252 e. The Labute approximate surface area is 257 Å². The van der Waals surface area contributed by atoms with E-state index in [2.05, 4.69) is 45.9 Å². The van der Waals surface area contributed by atoms with Crippen molar-refractivity contribution in [2.45, 2.75) is 128 Å². The fraction of sp³-hybridized carbons (Fsp3) is 0.800. The first-order valence-electron chi connectivity index (χ1n) is 15.3. The van der Waals surface area contributed by atoms with E-state index in [0.29, 0.717) is 31.1 Å². The van der Waals surface area contributed by atoms with E-state index in [0.717, 1.165) is 45.1 Å². The summed E-state index contributed by atoms with van der Waals surface area (Å²) in [6.45, 7) is 13.2. The van der Waals surface area contributed by atoms with Crippen LogP contribution in [0.4, 0.5) is 0 Å². The molecule has 0 aliphatic rings. The zero-order chi connectivity index (χ0) is 33.1. The molecular formula is C30H59N7O6. The van der Waals surface area contributed by atoms with Gasteiger partial charge in [-0.15, -0.1) is 0 Å². The third-order valence-electron chi connectivity index (χ3n) is 6.80. The summed E-state index contributed by atoms with van der Waals surface area (Å²) in [5.74, 6) is -0.784. The lowest BCUT2D eigenvalue weighted by Crippen LogP contribution is -2.57. The predicted molar refractivity (Wildman–Crippen MR) is 172 cm³/mol. The minimum Gasteiger partial charge on any atom is -0.387 e. The number of hydrogen-bond acceptors (Lipinski definition) is 9. The molecule has 0 saturated heterocycles. The third kappa shape index (κ3) is 18.6. The van der Waals surface area contributed by atoms with E-state index >= 15 is 0 Å². The number of rotatable bonds is 23. The molecule has 0 bridgehead atoms. The second kappa shape index (κ2) is 21.2. The Morgan fingerprint density at radius 2 is 1.30 bits per heavy atom. The number of carbonyl (C=O) groups excluding carboxylic acids is 2. The molecule has 0 aromatic carbocycles. The lowest BCUT2D eigenvalue weighted by molar-refractivity contribution is -0.156. The fourth-order valence-corrected chi connectivity index (χ4v) is 4.44. The van der Waals surface area contributed by atoms with Crippen LogP contribution in [0.2, 0.25) is 0 Å². The molecular weight excluding hydrogens is 554 g/mol. The number of nitrogens with zero attached hydrogens (tertiary/aromatic N) is 2. The Balaban J connectivity index is 4.24. The molecule has 0 aromatic rings. The highest BCUT2D eigenvalue weighted by molar-refractivity contribution is 5.84. The number of allylic oxidation sites excluding steroid dienone is 1. The molecule has 2 amide bonds. The molecule has 13 heteroatoms. The van der Waals surface area contributed by atoms with Gasteiger partial charge in [-0.2, -0.15) is 0 Å². The number of unbranched alkanes of at least 4 members (excludes halogenated alkanes) is 3. The SMILES string of the molecule is CC=CC(C)(C)NCCN=C(N)CCCCCCC(N)=NCCNC(=O)C(O)C(O)C(O)C(O)C(=O)NC(C)(C)CCC. The summed E-state index contributed by atoms with van der Waals surface area (Å²) >= 11 is 0. The summed E-state index contributed by atoms with van der Waals surface area (Å²) in [4.78, 5) is 33.0. The molecule has 0 spiro atoms. The molecule has 0 radical (unpaired) electrons. The monoisotopic (exact) mass is 613 g/mol. The molecule has 250 valence electrons. The number of carbonyl (C=O) groups is 2. The second-order valence-electron chi connectivity index (χ2n) is 12.1. The van der Waals surface area contributed by atoms with Gasteiger partial charge in [-0.3, -0.25) is 19.6 Å². The second-order valence-corrected chi connectivity index (χ2v) is 12.1. The summed E-state index contributed by atoms with van der Waals surface area (Å²) in [6, 6.07) is 0. The Morgan fingerprint density at radius 3 is 1.79 bits per heavy atom. The number of aliphatic hydroxyl groups excluding tert-OH is 4. The maximum atomic E-state index is 12.2. The standard InChI is InChI=1S/C30H59N7O6/c1-7-15-29(3,4)36-20-19-34-22(32)14-12-10-9-11-13-21(31)33-17-18-35-27(42)25(40)23(38)24(39)26(41)28(43)37-30(5,6)16-8-2/h7,15,23-26,36,38-41H,8-14,16-20H2,1-6H3,(H2,31,33)(H2,32,34)(H,35,42)(H,37,43). The van der Waals surface area contributed by atoms with Crippen LogP contribution in [0.1, 0.15) is 92.9 Å². The van der Waals surface area contributed by atoms with Crippen LogP contribution in [0, 0.1) is 0 Å². The molecule has 0 fully saturated rings. The van der Waals surface area contributed by atoms with Crippen LogP contribution in [0.5, 0.6) is 0 Å². The average Bonchev–Trinajstić information content (AvgIpc) is 2.93. The third-order valence-corrected chi connectivity index (χ3v) is 6.80. The van der Waals surface area contributed by atoms with Crippen LogP contribution in [0.25, 0.3) is 0 Å². The van der Waals surface area contributed by atoms with Crippen LogP contribution in [-0.2, 0) is 9.59 Å². The Bertz CT molecular complexity index is 907. The predicted octanol–water partition coefficient (Wildman–Crippen LogP) is 0.240. The molecule has 11 N–H and O–H groups in total. The van der Waals surface area contributed by atoms with Crippen molar-refractivity contribution >= 4 is 23.5 Å². The molecule has 43 heavy (non-hydrogen) atoms. The number of amidine groups is 2. The Morgan fingerprint density at radius 1 is 0.814 bits per heavy atom. The van der Waals surface area contributed by atoms with E-state index in [1.54, 1.807) is 13.8 Å². The Hall–Kier alpha value is -2.58. The van der Waals surface area contributed by atoms with Crippen LogP contribution >= 0.6 is 0 Å². The smallest absolute Gasteiger partial charge is 0.252 e. The minimum absolute atomic E-state index is 0.0363. The van der Waals surface area contributed by atoms with Crippen molar-refractivity contribution in [2.75, 3.05) is 26.2 Å². The van der Waals surface area contributed by atoms with Gasteiger partial charge in [-0.05, 0) is 53.9 Å². The molecule has 4 atom stereocenters. The molecule has 0 saturated carbocycles. The van der Waals surface area contributed by atoms with Gasteiger partial charge in [0.25, 0.3) is 11.8 Å². The van der Waals surface area contributed by atoms with E-state index < -0.39 is 41.8 Å². The molecule has 13 nitrogen and oxygen atoms in total.